The summed E-state index contributed by atoms with van der Waals surface area (Å²) < 4.78 is 0. The van der Waals surface area contributed by atoms with Gasteiger partial charge in [-0.05, 0) is 18.2 Å². The van der Waals surface area contributed by atoms with Gasteiger partial charge in [-0.25, -0.2) is 4.98 Å². The van der Waals surface area contributed by atoms with Crippen LogP contribution in [0.3, 0.4) is 0 Å². The van der Waals surface area contributed by atoms with Gasteiger partial charge in [-0.2, -0.15) is 0 Å². The van der Waals surface area contributed by atoms with Crippen LogP contribution in [0, 0.1) is 6.42 Å². The molecule has 0 aliphatic carbocycles. The second kappa shape index (κ2) is 6.58. The number of primary amides is 1. The van der Waals surface area contributed by atoms with Crippen LogP contribution in [0.5, 0.6) is 0 Å². The molecular weight excluding hydrogens is 270 g/mol. The first kappa shape index (κ1) is 14.6. The fourth-order valence-electron chi connectivity index (χ4n) is 1.85. The van der Waals surface area contributed by atoms with Crippen molar-refractivity contribution in [2.24, 2.45) is 11.5 Å². The predicted octanol–water partition coefficient (Wildman–Crippen LogP) is 0.339. The Labute approximate surface area is 121 Å². The smallest absolute Gasteiger partial charge is 0.275 e. The molecule has 0 saturated carbocycles. The number of rotatable bonds is 5. The summed E-state index contributed by atoms with van der Waals surface area (Å²) in [6, 6.07) is 4.98. The van der Waals surface area contributed by atoms with E-state index in [9.17, 15) is 9.59 Å². The normalized spacial score (nSPS) is 10.1. The largest absolute Gasteiger partial charge is 0.366 e. The molecule has 0 unspecified atom stereocenters. The Kier molecular flexibility index (Phi) is 4.57. The van der Waals surface area contributed by atoms with Crippen molar-refractivity contribution < 1.29 is 9.59 Å². The highest BCUT2D eigenvalue weighted by molar-refractivity contribution is 6.08. The minimum Gasteiger partial charge on any atom is -0.366 e. The number of carbonyl (C=O) groups is 2. The van der Waals surface area contributed by atoms with E-state index in [2.05, 4.69) is 15.3 Å². The number of nitrogens with one attached hydrogen (secondary N) is 1. The van der Waals surface area contributed by atoms with Gasteiger partial charge in [-0.15, -0.1) is 0 Å². The van der Waals surface area contributed by atoms with Gasteiger partial charge in [0.1, 0.15) is 5.69 Å². The van der Waals surface area contributed by atoms with E-state index in [1.165, 1.54) is 18.6 Å². The average molecular weight is 284 g/mol. The molecule has 0 saturated heterocycles. The minimum atomic E-state index is -0.648. The first-order chi connectivity index (χ1) is 10.1. The van der Waals surface area contributed by atoms with Crippen molar-refractivity contribution in [3.05, 3.63) is 60.0 Å². The zero-order valence-electron chi connectivity index (χ0n) is 11.1. The van der Waals surface area contributed by atoms with Gasteiger partial charge in [0.2, 0.25) is 0 Å². The lowest BCUT2D eigenvalue weighted by Gasteiger charge is -2.12. The van der Waals surface area contributed by atoms with Crippen molar-refractivity contribution in [1.29, 1.82) is 0 Å². The zero-order valence-corrected chi connectivity index (χ0v) is 11.1. The molecule has 7 nitrogen and oxygen atoms in total. The van der Waals surface area contributed by atoms with Crippen LogP contribution in [0.25, 0.3) is 0 Å². The molecule has 0 bridgehead atoms. The maximum Gasteiger partial charge on any atom is 0.275 e. The van der Waals surface area contributed by atoms with Gasteiger partial charge >= 0.3 is 0 Å². The van der Waals surface area contributed by atoms with Crippen molar-refractivity contribution in [1.82, 2.24) is 9.97 Å². The SMILES string of the molecule is NC[CH]c1cccc(NC(=O)c2cnccn2)c1C(N)=O. The van der Waals surface area contributed by atoms with Crippen LogP contribution in [0.4, 0.5) is 5.69 Å². The van der Waals surface area contributed by atoms with Crippen LogP contribution in [0.2, 0.25) is 0 Å². The van der Waals surface area contributed by atoms with E-state index in [0.29, 0.717) is 11.3 Å². The lowest BCUT2D eigenvalue weighted by atomic mass is 10.0. The van der Waals surface area contributed by atoms with E-state index in [4.69, 9.17) is 11.5 Å². The Hall–Kier alpha value is -2.80. The number of benzene rings is 1. The summed E-state index contributed by atoms with van der Waals surface area (Å²) in [6.45, 7) is 0.252. The monoisotopic (exact) mass is 284 g/mol. The quantitative estimate of drug-likeness (QED) is 0.730. The number of hydrogen-bond donors (Lipinski definition) is 3. The number of nitrogens with zero attached hydrogens (tertiary/aromatic N) is 2. The number of amides is 2. The summed E-state index contributed by atoms with van der Waals surface area (Å²) in [4.78, 5) is 31.4. The van der Waals surface area contributed by atoms with Crippen LogP contribution in [-0.4, -0.2) is 28.3 Å². The molecule has 2 amide bonds. The second-order valence-electron chi connectivity index (χ2n) is 4.12. The Morgan fingerprint density at radius 3 is 2.71 bits per heavy atom. The number of hydrogen-bond acceptors (Lipinski definition) is 5. The van der Waals surface area contributed by atoms with Gasteiger partial charge in [0.15, 0.2) is 0 Å². The number of nitrogens with two attached hydrogens (primary N) is 2. The molecule has 107 valence electrons. The fraction of sp³-hybridized carbons (Fsp3) is 0.0714. The minimum absolute atomic E-state index is 0.140. The Morgan fingerprint density at radius 2 is 2.10 bits per heavy atom. The summed E-state index contributed by atoms with van der Waals surface area (Å²) in [5.74, 6) is -1.12. The van der Waals surface area contributed by atoms with Gasteiger partial charge in [-0.3, -0.25) is 14.6 Å². The molecule has 1 radical (unpaired) electrons. The van der Waals surface area contributed by atoms with E-state index < -0.39 is 11.8 Å². The highest BCUT2D eigenvalue weighted by Gasteiger charge is 2.16. The molecule has 1 aromatic heterocycles. The molecule has 7 heteroatoms. The van der Waals surface area contributed by atoms with E-state index in [1.54, 1.807) is 24.6 Å². The maximum atomic E-state index is 12.1. The van der Waals surface area contributed by atoms with E-state index in [1.807, 2.05) is 0 Å². The van der Waals surface area contributed by atoms with Crippen LogP contribution in [0.15, 0.2) is 36.8 Å². The van der Waals surface area contributed by atoms with Gasteiger partial charge in [0, 0.05) is 18.8 Å². The maximum absolute atomic E-state index is 12.1. The second-order valence-corrected chi connectivity index (χ2v) is 4.12. The van der Waals surface area contributed by atoms with Crippen molar-refractivity contribution in [2.45, 2.75) is 0 Å². The van der Waals surface area contributed by atoms with Crippen molar-refractivity contribution >= 4 is 17.5 Å². The molecule has 0 fully saturated rings. The van der Waals surface area contributed by atoms with Crippen molar-refractivity contribution in [3.63, 3.8) is 0 Å². The first-order valence-electron chi connectivity index (χ1n) is 6.17. The molecule has 0 aliphatic rings. The lowest BCUT2D eigenvalue weighted by molar-refractivity contribution is 0.100. The third kappa shape index (κ3) is 3.40. The average Bonchev–Trinajstić information content (AvgIpc) is 2.48. The lowest BCUT2D eigenvalue weighted by Crippen LogP contribution is -2.21. The molecule has 0 aliphatic heterocycles. The molecule has 0 spiro atoms. The molecule has 1 heterocycles. The van der Waals surface area contributed by atoms with Gasteiger partial charge < -0.3 is 16.8 Å². The van der Waals surface area contributed by atoms with Crippen LogP contribution in [0.1, 0.15) is 26.4 Å². The molecule has 2 rings (SSSR count). The molecule has 21 heavy (non-hydrogen) atoms. The highest BCUT2D eigenvalue weighted by Crippen LogP contribution is 2.21. The van der Waals surface area contributed by atoms with Crippen LogP contribution < -0.4 is 16.8 Å². The topological polar surface area (TPSA) is 124 Å². The Balaban J connectivity index is 2.33. The number of aromatic nitrogens is 2. The summed E-state index contributed by atoms with van der Waals surface area (Å²) in [7, 11) is 0. The number of anilines is 1. The first-order valence-corrected chi connectivity index (χ1v) is 6.17. The van der Waals surface area contributed by atoms with Gasteiger partial charge in [-0.1, -0.05) is 12.1 Å². The Bertz CT molecular complexity index is 658. The van der Waals surface area contributed by atoms with Crippen LogP contribution in [-0.2, 0) is 0 Å². The molecule has 5 N–H and O–H groups in total. The molecule has 2 aromatic rings. The molecule has 1 aromatic carbocycles. The van der Waals surface area contributed by atoms with Crippen molar-refractivity contribution in [3.8, 4) is 0 Å². The zero-order chi connectivity index (χ0) is 15.2. The molecule has 0 atom stereocenters. The van der Waals surface area contributed by atoms with E-state index in [-0.39, 0.29) is 17.8 Å². The molecular formula is C14H14N5O2. The summed E-state index contributed by atoms with van der Waals surface area (Å²) in [5, 5.41) is 2.60. The van der Waals surface area contributed by atoms with E-state index >= 15 is 0 Å². The summed E-state index contributed by atoms with van der Waals surface area (Å²) >= 11 is 0. The summed E-state index contributed by atoms with van der Waals surface area (Å²) in [6.07, 6.45) is 5.85. The van der Waals surface area contributed by atoms with Gasteiger partial charge in [0.25, 0.3) is 11.8 Å². The highest BCUT2D eigenvalue weighted by atomic mass is 16.2. The third-order valence-electron chi connectivity index (χ3n) is 2.72. The van der Waals surface area contributed by atoms with Crippen LogP contribution >= 0.6 is 0 Å². The third-order valence-corrected chi connectivity index (χ3v) is 2.72. The van der Waals surface area contributed by atoms with Gasteiger partial charge in [0.05, 0.1) is 17.4 Å². The summed E-state index contributed by atoms with van der Waals surface area (Å²) in [5.41, 5.74) is 12.1. The fourth-order valence-corrected chi connectivity index (χ4v) is 1.85. The number of carbonyl (C=O) groups excluding carboxylic acids is 2. The Morgan fingerprint density at radius 1 is 1.29 bits per heavy atom. The van der Waals surface area contributed by atoms with Crippen molar-refractivity contribution in [2.75, 3.05) is 11.9 Å². The predicted molar refractivity (Wildman–Crippen MR) is 77.4 cm³/mol. The van der Waals surface area contributed by atoms with E-state index in [0.717, 1.165) is 0 Å². The standard InChI is InChI=1S/C14H14N5O2/c15-5-4-9-2-1-3-10(12(9)13(16)20)19-14(21)11-8-17-6-7-18-11/h1-4,6-8H,5,15H2,(H2,16,20)(H,19,21).